The number of ether oxygens (including phenoxy) is 2. The normalized spacial score (nSPS) is 18.6. The molecular weight excluding hydrogens is 190 g/mol. The molecule has 2 rings (SSSR count). The van der Waals surface area contributed by atoms with Gasteiger partial charge in [-0.15, -0.1) is 0 Å². The minimum atomic E-state index is 0.401. The van der Waals surface area contributed by atoms with Crippen molar-refractivity contribution in [1.29, 1.82) is 0 Å². The fraction of sp³-hybridized carbons (Fsp3) is 0.500. The van der Waals surface area contributed by atoms with Crippen LogP contribution in [0.3, 0.4) is 0 Å². The van der Waals surface area contributed by atoms with Crippen molar-refractivity contribution in [3.05, 3.63) is 29.8 Å². The Kier molecular flexibility index (Phi) is 3.59. The predicted molar refractivity (Wildman–Crippen MR) is 59.4 cm³/mol. The van der Waals surface area contributed by atoms with Crippen molar-refractivity contribution in [1.82, 2.24) is 5.32 Å². The summed E-state index contributed by atoms with van der Waals surface area (Å²) in [5.41, 5.74) is 1.28. The van der Waals surface area contributed by atoms with Gasteiger partial charge in [0.25, 0.3) is 0 Å². The van der Waals surface area contributed by atoms with E-state index in [1.54, 1.807) is 0 Å². The molecule has 1 aromatic carbocycles. The van der Waals surface area contributed by atoms with Gasteiger partial charge >= 0.3 is 0 Å². The second-order valence-corrected chi connectivity index (χ2v) is 3.72. The molecule has 0 spiro atoms. The zero-order valence-electron chi connectivity index (χ0n) is 9.03. The number of hydrogen-bond acceptors (Lipinski definition) is 3. The highest BCUT2D eigenvalue weighted by Crippen LogP contribution is 2.33. The molecular formula is C12H17NO2. The first kappa shape index (κ1) is 10.5. The van der Waals surface area contributed by atoms with Crippen LogP contribution in [0.4, 0.5) is 0 Å². The molecule has 1 aromatic rings. The third-order valence-corrected chi connectivity index (χ3v) is 2.61. The molecule has 0 bridgehead atoms. The van der Waals surface area contributed by atoms with Crippen LogP contribution >= 0.6 is 0 Å². The highest BCUT2D eigenvalue weighted by molar-refractivity contribution is 5.39. The second kappa shape index (κ2) is 5.14. The van der Waals surface area contributed by atoms with Gasteiger partial charge in [-0.25, -0.2) is 0 Å². The highest BCUT2D eigenvalue weighted by Gasteiger charge is 2.23. The van der Waals surface area contributed by atoms with Crippen LogP contribution in [0.25, 0.3) is 0 Å². The van der Waals surface area contributed by atoms with Gasteiger partial charge in [-0.1, -0.05) is 18.2 Å². The van der Waals surface area contributed by atoms with Crippen molar-refractivity contribution >= 4 is 0 Å². The summed E-state index contributed by atoms with van der Waals surface area (Å²) in [7, 11) is 1.93. The third-order valence-electron chi connectivity index (χ3n) is 2.61. The SMILES string of the molecule is CNCCOCC1COc2ccccc21. The van der Waals surface area contributed by atoms with Gasteiger partial charge < -0.3 is 14.8 Å². The lowest BCUT2D eigenvalue weighted by Crippen LogP contribution is -2.17. The van der Waals surface area contributed by atoms with E-state index in [-0.39, 0.29) is 0 Å². The van der Waals surface area contributed by atoms with E-state index in [0.29, 0.717) is 5.92 Å². The van der Waals surface area contributed by atoms with E-state index in [9.17, 15) is 0 Å². The first-order valence-corrected chi connectivity index (χ1v) is 5.36. The lowest BCUT2D eigenvalue weighted by Gasteiger charge is -2.09. The van der Waals surface area contributed by atoms with Gasteiger partial charge in [-0.2, -0.15) is 0 Å². The maximum Gasteiger partial charge on any atom is 0.123 e. The van der Waals surface area contributed by atoms with E-state index in [2.05, 4.69) is 11.4 Å². The van der Waals surface area contributed by atoms with Gasteiger partial charge in [0.15, 0.2) is 0 Å². The van der Waals surface area contributed by atoms with Crippen LogP contribution in [0.15, 0.2) is 24.3 Å². The fourth-order valence-corrected chi connectivity index (χ4v) is 1.77. The summed E-state index contributed by atoms with van der Waals surface area (Å²) in [6.07, 6.45) is 0. The Labute approximate surface area is 90.4 Å². The fourth-order valence-electron chi connectivity index (χ4n) is 1.77. The lowest BCUT2D eigenvalue weighted by atomic mass is 10.0. The van der Waals surface area contributed by atoms with Gasteiger partial charge in [0.2, 0.25) is 0 Å². The number of fused-ring (bicyclic) bond motifs is 1. The molecule has 1 N–H and O–H groups in total. The second-order valence-electron chi connectivity index (χ2n) is 3.72. The van der Waals surface area contributed by atoms with Crippen LogP contribution in [-0.2, 0) is 4.74 Å². The summed E-state index contributed by atoms with van der Waals surface area (Å²) in [4.78, 5) is 0. The number of rotatable bonds is 5. The summed E-state index contributed by atoms with van der Waals surface area (Å²) in [6, 6.07) is 8.19. The molecule has 82 valence electrons. The molecule has 0 aromatic heterocycles. The topological polar surface area (TPSA) is 30.5 Å². The summed E-state index contributed by atoms with van der Waals surface area (Å²) in [6.45, 7) is 3.15. The van der Waals surface area contributed by atoms with Gasteiger partial charge in [0.05, 0.1) is 19.8 Å². The largest absolute Gasteiger partial charge is 0.493 e. The third kappa shape index (κ3) is 2.49. The lowest BCUT2D eigenvalue weighted by molar-refractivity contribution is 0.115. The van der Waals surface area contributed by atoms with E-state index in [1.807, 2.05) is 25.2 Å². The minimum Gasteiger partial charge on any atom is -0.493 e. The van der Waals surface area contributed by atoms with Crippen molar-refractivity contribution in [2.24, 2.45) is 0 Å². The summed E-state index contributed by atoms with van der Waals surface area (Å²) < 4.78 is 11.1. The predicted octanol–water partition coefficient (Wildman–Crippen LogP) is 1.40. The van der Waals surface area contributed by atoms with E-state index in [0.717, 1.165) is 32.1 Å². The zero-order valence-corrected chi connectivity index (χ0v) is 9.03. The maximum atomic E-state index is 5.57. The molecule has 0 radical (unpaired) electrons. The van der Waals surface area contributed by atoms with E-state index >= 15 is 0 Å². The molecule has 3 nitrogen and oxygen atoms in total. The Bertz CT molecular complexity index is 314. The molecule has 1 unspecified atom stereocenters. The Morgan fingerprint density at radius 3 is 3.20 bits per heavy atom. The van der Waals surface area contributed by atoms with Crippen molar-refractivity contribution in [2.45, 2.75) is 5.92 Å². The quantitative estimate of drug-likeness (QED) is 0.740. The molecule has 1 aliphatic rings. The number of benzene rings is 1. The standard InChI is InChI=1S/C12H17NO2/c1-13-6-7-14-8-10-9-15-12-5-3-2-4-11(10)12/h2-5,10,13H,6-9H2,1H3. The molecule has 15 heavy (non-hydrogen) atoms. The Morgan fingerprint density at radius 2 is 2.33 bits per heavy atom. The maximum absolute atomic E-state index is 5.57. The van der Waals surface area contributed by atoms with Crippen molar-refractivity contribution in [3.8, 4) is 5.75 Å². The Balaban J connectivity index is 1.85. The summed E-state index contributed by atoms with van der Waals surface area (Å²) in [5, 5.41) is 3.06. The monoisotopic (exact) mass is 207 g/mol. The minimum absolute atomic E-state index is 0.401. The molecule has 0 fully saturated rings. The molecule has 0 saturated heterocycles. The average molecular weight is 207 g/mol. The van der Waals surface area contributed by atoms with Crippen molar-refractivity contribution in [3.63, 3.8) is 0 Å². The summed E-state index contributed by atoms with van der Waals surface area (Å²) >= 11 is 0. The molecule has 3 heteroatoms. The zero-order chi connectivity index (χ0) is 10.5. The van der Waals surface area contributed by atoms with Gasteiger partial charge in [-0.05, 0) is 13.1 Å². The first-order valence-electron chi connectivity index (χ1n) is 5.36. The number of likely N-dealkylation sites (N-methyl/N-ethyl adjacent to an activating group) is 1. The van der Waals surface area contributed by atoms with E-state index < -0.39 is 0 Å². The summed E-state index contributed by atoms with van der Waals surface area (Å²) in [5.74, 6) is 1.41. The molecule has 0 aliphatic carbocycles. The average Bonchev–Trinajstić information content (AvgIpc) is 2.68. The van der Waals surface area contributed by atoms with Gasteiger partial charge in [0, 0.05) is 18.0 Å². The number of hydrogen-bond donors (Lipinski definition) is 1. The van der Waals surface area contributed by atoms with Crippen LogP contribution in [0.1, 0.15) is 11.5 Å². The van der Waals surface area contributed by atoms with Crippen LogP contribution in [0.2, 0.25) is 0 Å². The van der Waals surface area contributed by atoms with E-state index in [4.69, 9.17) is 9.47 Å². The number of para-hydroxylation sites is 1. The first-order chi connectivity index (χ1) is 7.42. The highest BCUT2D eigenvalue weighted by atomic mass is 16.5. The van der Waals surface area contributed by atoms with Crippen LogP contribution in [-0.4, -0.2) is 33.4 Å². The van der Waals surface area contributed by atoms with E-state index in [1.165, 1.54) is 5.56 Å². The van der Waals surface area contributed by atoms with Crippen LogP contribution in [0.5, 0.6) is 5.75 Å². The molecule has 1 heterocycles. The van der Waals surface area contributed by atoms with Crippen molar-refractivity contribution in [2.75, 3.05) is 33.4 Å². The Morgan fingerprint density at radius 1 is 1.47 bits per heavy atom. The van der Waals surface area contributed by atoms with Crippen LogP contribution < -0.4 is 10.1 Å². The van der Waals surface area contributed by atoms with Crippen LogP contribution in [0, 0.1) is 0 Å². The van der Waals surface area contributed by atoms with Crippen molar-refractivity contribution < 1.29 is 9.47 Å². The van der Waals surface area contributed by atoms with Gasteiger partial charge in [-0.3, -0.25) is 0 Å². The molecule has 0 amide bonds. The van der Waals surface area contributed by atoms with Gasteiger partial charge in [0.1, 0.15) is 5.75 Å². The Hall–Kier alpha value is -1.06. The number of nitrogens with one attached hydrogen (secondary N) is 1. The molecule has 1 atom stereocenters. The molecule has 0 saturated carbocycles. The molecule has 1 aliphatic heterocycles. The smallest absolute Gasteiger partial charge is 0.123 e.